The molecule has 0 saturated heterocycles. The average molecular weight is 247 g/mol. The van der Waals surface area contributed by atoms with Crippen molar-refractivity contribution >= 4 is 5.57 Å². The minimum absolute atomic E-state index is 0.000741. The van der Waals surface area contributed by atoms with Crippen LogP contribution >= 0.6 is 0 Å². The maximum atomic E-state index is 10.0. The molecule has 1 aromatic rings. The van der Waals surface area contributed by atoms with E-state index in [0.29, 0.717) is 12.5 Å². The van der Waals surface area contributed by atoms with Gasteiger partial charge < -0.3 is 15.9 Å². The van der Waals surface area contributed by atoms with E-state index in [-0.39, 0.29) is 16.9 Å². The van der Waals surface area contributed by atoms with Crippen molar-refractivity contribution < 1.29 is 10.2 Å². The summed E-state index contributed by atoms with van der Waals surface area (Å²) < 4.78 is 0. The second-order valence-corrected chi connectivity index (χ2v) is 6.03. The third-order valence-electron chi connectivity index (χ3n) is 3.77. The van der Waals surface area contributed by atoms with Crippen molar-refractivity contribution in [3.8, 4) is 11.5 Å². The van der Waals surface area contributed by atoms with Crippen LogP contribution in [0.5, 0.6) is 11.5 Å². The van der Waals surface area contributed by atoms with Gasteiger partial charge in [0.05, 0.1) is 0 Å². The summed E-state index contributed by atoms with van der Waals surface area (Å²) in [4.78, 5) is 0. The number of fused-ring (bicyclic) bond motifs is 1. The van der Waals surface area contributed by atoms with Crippen molar-refractivity contribution in [2.24, 2.45) is 17.1 Å². The Labute approximate surface area is 108 Å². The van der Waals surface area contributed by atoms with Crippen molar-refractivity contribution in [3.05, 3.63) is 29.3 Å². The number of nitrogens with two attached hydrogens (primary N) is 1. The van der Waals surface area contributed by atoms with E-state index >= 15 is 0 Å². The molecular formula is C15H21NO2. The molecular weight excluding hydrogens is 226 g/mol. The first-order valence-electron chi connectivity index (χ1n) is 6.29. The molecule has 1 aromatic carbocycles. The molecule has 4 N–H and O–H groups in total. The Balaban J connectivity index is 2.55. The zero-order chi connectivity index (χ0) is 13.5. The van der Waals surface area contributed by atoms with E-state index in [4.69, 9.17) is 5.73 Å². The quantitative estimate of drug-likeness (QED) is 0.668. The van der Waals surface area contributed by atoms with Crippen LogP contribution < -0.4 is 5.73 Å². The monoisotopic (exact) mass is 247 g/mol. The Kier molecular flexibility index (Phi) is 3.11. The summed E-state index contributed by atoms with van der Waals surface area (Å²) in [7, 11) is 0. The number of rotatable bonds is 1. The molecule has 3 nitrogen and oxygen atoms in total. The highest BCUT2D eigenvalue weighted by Gasteiger charge is 2.30. The topological polar surface area (TPSA) is 66.5 Å². The van der Waals surface area contributed by atoms with Crippen LogP contribution in [-0.2, 0) is 6.42 Å². The number of hydrogen-bond donors (Lipinski definition) is 3. The second-order valence-electron chi connectivity index (χ2n) is 6.03. The maximum Gasteiger partial charge on any atom is 0.161 e. The highest BCUT2D eigenvalue weighted by molar-refractivity contribution is 5.75. The Morgan fingerprint density at radius 3 is 2.50 bits per heavy atom. The van der Waals surface area contributed by atoms with Crippen LogP contribution in [0.25, 0.3) is 5.57 Å². The fraction of sp³-hybridized carbons (Fsp3) is 0.467. The van der Waals surface area contributed by atoms with Gasteiger partial charge in [-0.15, -0.1) is 0 Å². The summed E-state index contributed by atoms with van der Waals surface area (Å²) in [6.07, 6.45) is 2.95. The number of benzene rings is 1. The van der Waals surface area contributed by atoms with E-state index in [2.05, 4.69) is 26.8 Å². The molecule has 1 aliphatic rings. The van der Waals surface area contributed by atoms with Crippen molar-refractivity contribution in [2.45, 2.75) is 27.2 Å². The van der Waals surface area contributed by atoms with E-state index in [1.54, 1.807) is 0 Å². The summed E-state index contributed by atoms with van der Waals surface area (Å²) in [5.41, 5.74) is 8.74. The first-order valence-corrected chi connectivity index (χ1v) is 6.29. The highest BCUT2D eigenvalue weighted by Crippen LogP contribution is 2.43. The van der Waals surface area contributed by atoms with Gasteiger partial charge in [0.2, 0.25) is 0 Å². The van der Waals surface area contributed by atoms with E-state index in [1.165, 1.54) is 6.07 Å². The lowest BCUT2D eigenvalue weighted by Crippen LogP contribution is -2.25. The predicted molar refractivity (Wildman–Crippen MR) is 73.5 cm³/mol. The Bertz CT molecular complexity index is 498. The molecule has 18 heavy (non-hydrogen) atoms. The van der Waals surface area contributed by atoms with Crippen LogP contribution in [0.2, 0.25) is 0 Å². The number of aromatic hydroxyl groups is 2. The van der Waals surface area contributed by atoms with Gasteiger partial charge in [0.15, 0.2) is 11.5 Å². The Morgan fingerprint density at radius 1 is 1.28 bits per heavy atom. The van der Waals surface area contributed by atoms with E-state index in [0.717, 1.165) is 23.1 Å². The summed E-state index contributed by atoms with van der Waals surface area (Å²) in [6, 6.07) is 3.36. The fourth-order valence-electron chi connectivity index (χ4n) is 2.48. The molecule has 0 amide bonds. The zero-order valence-electron chi connectivity index (χ0n) is 11.2. The van der Waals surface area contributed by atoms with Gasteiger partial charge in [0, 0.05) is 12.1 Å². The molecule has 98 valence electrons. The van der Waals surface area contributed by atoms with Crippen LogP contribution in [0.15, 0.2) is 18.2 Å². The van der Waals surface area contributed by atoms with Gasteiger partial charge in [-0.25, -0.2) is 0 Å². The molecule has 0 aliphatic heterocycles. The largest absolute Gasteiger partial charge is 0.504 e. The average Bonchev–Trinajstić information content (AvgIpc) is 2.31. The van der Waals surface area contributed by atoms with Crippen LogP contribution in [0.4, 0.5) is 0 Å². The van der Waals surface area contributed by atoms with Gasteiger partial charge in [-0.1, -0.05) is 32.9 Å². The Morgan fingerprint density at radius 2 is 1.94 bits per heavy atom. The fourth-order valence-corrected chi connectivity index (χ4v) is 2.48. The van der Waals surface area contributed by atoms with Gasteiger partial charge in [0.1, 0.15) is 0 Å². The first kappa shape index (κ1) is 13.0. The number of allylic oxidation sites excluding steroid dienone is 1. The molecule has 0 fully saturated rings. The van der Waals surface area contributed by atoms with Gasteiger partial charge in [0.25, 0.3) is 0 Å². The normalized spacial score (nSPS) is 19.3. The number of hydrogen-bond acceptors (Lipinski definition) is 3. The van der Waals surface area contributed by atoms with Crippen molar-refractivity contribution in [2.75, 3.05) is 6.54 Å². The molecule has 0 heterocycles. The van der Waals surface area contributed by atoms with Crippen LogP contribution in [-0.4, -0.2) is 16.8 Å². The predicted octanol–water partition coefficient (Wildman–Crippen LogP) is 2.66. The molecule has 0 radical (unpaired) electrons. The molecule has 2 rings (SSSR count). The molecule has 1 atom stereocenters. The van der Waals surface area contributed by atoms with Gasteiger partial charge >= 0.3 is 0 Å². The molecule has 3 heteroatoms. The minimum atomic E-state index is -0.0559. The standard InChI is InChI=1S/C15H21NO2/c1-15(2,3)10-6-9(8-16)11-4-5-13(17)14(18)12(11)7-10/h4-6,10,17-18H,7-8,16H2,1-3H3. The van der Waals surface area contributed by atoms with Crippen molar-refractivity contribution in [3.63, 3.8) is 0 Å². The van der Waals surface area contributed by atoms with E-state index < -0.39 is 0 Å². The van der Waals surface area contributed by atoms with Crippen molar-refractivity contribution in [1.29, 1.82) is 0 Å². The third-order valence-corrected chi connectivity index (χ3v) is 3.77. The molecule has 1 unspecified atom stereocenters. The summed E-state index contributed by atoms with van der Waals surface area (Å²) in [5, 5.41) is 19.6. The van der Waals surface area contributed by atoms with Gasteiger partial charge in [-0.05, 0) is 35.0 Å². The molecule has 0 spiro atoms. The molecule has 0 aromatic heterocycles. The SMILES string of the molecule is CC(C)(C)C1C=C(CN)c2ccc(O)c(O)c2C1. The lowest BCUT2D eigenvalue weighted by Gasteiger charge is -2.33. The van der Waals surface area contributed by atoms with Crippen LogP contribution in [0, 0.1) is 11.3 Å². The third kappa shape index (κ3) is 2.10. The minimum Gasteiger partial charge on any atom is -0.504 e. The Hall–Kier alpha value is -1.48. The first-order chi connectivity index (χ1) is 8.34. The maximum absolute atomic E-state index is 10.0. The van der Waals surface area contributed by atoms with E-state index in [1.807, 2.05) is 6.07 Å². The summed E-state index contributed by atoms with van der Waals surface area (Å²) >= 11 is 0. The van der Waals surface area contributed by atoms with Gasteiger partial charge in [-0.2, -0.15) is 0 Å². The number of phenols is 2. The van der Waals surface area contributed by atoms with Crippen molar-refractivity contribution in [1.82, 2.24) is 0 Å². The summed E-state index contributed by atoms with van der Waals surface area (Å²) in [5.74, 6) is 0.261. The smallest absolute Gasteiger partial charge is 0.161 e. The van der Waals surface area contributed by atoms with Crippen LogP contribution in [0.3, 0.4) is 0 Å². The molecule has 1 aliphatic carbocycles. The summed E-state index contributed by atoms with van der Waals surface area (Å²) in [6.45, 7) is 6.97. The van der Waals surface area contributed by atoms with Crippen LogP contribution in [0.1, 0.15) is 31.9 Å². The molecule has 0 bridgehead atoms. The van der Waals surface area contributed by atoms with E-state index in [9.17, 15) is 10.2 Å². The lowest BCUT2D eigenvalue weighted by molar-refractivity contribution is 0.286. The second kappa shape index (κ2) is 4.32. The zero-order valence-corrected chi connectivity index (χ0v) is 11.2. The van der Waals surface area contributed by atoms with Gasteiger partial charge in [-0.3, -0.25) is 0 Å². The molecule has 0 saturated carbocycles. The highest BCUT2D eigenvalue weighted by atomic mass is 16.3. The number of phenolic OH excluding ortho intramolecular Hbond substituents is 2. The lowest BCUT2D eigenvalue weighted by atomic mass is 9.72.